The summed E-state index contributed by atoms with van der Waals surface area (Å²) in [6, 6.07) is 11.4. The number of amides is 2. The van der Waals surface area contributed by atoms with Crippen LogP contribution in [-0.4, -0.2) is 41.0 Å². The molecule has 0 aliphatic heterocycles. The summed E-state index contributed by atoms with van der Waals surface area (Å²) in [5.41, 5.74) is 6.67. The van der Waals surface area contributed by atoms with Gasteiger partial charge in [-0.25, -0.2) is 0 Å². The maximum atomic E-state index is 12.3. The van der Waals surface area contributed by atoms with E-state index in [1.54, 1.807) is 19.2 Å². The number of aliphatic hydroxyl groups is 1. The molecule has 0 saturated heterocycles. The standard InChI is InChI=1S/C17H21N3O4/c1-20(11-12-6-3-2-4-7-12)17(23)14(18)15(21)16(22)19-10-13-8-5-9-24-13/h2-9,14-15,21H,10-11,18H2,1H3,(H,19,22)/t14-,15-/m1/s1. The van der Waals surface area contributed by atoms with Crippen LogP contribution in [0.3, 0.4) is 0 Å². The van der Waals surface area contributed by atoms with Gasteiger partial charge in [-0.05, 0) is 17.7 Å². The Morgan fingerprint density at radius 1 is 1.25 bits per heavy atom. The third-order valence-electron chi connectivity index (χ3n) is 3.55. The Labute approximate surface area is 140 Å². The molecule has 2 rings (SSSR count). The number of likely N-dealkylation sites (N-methyl/N-ethyl adjacent to an activating group) is 1. The average molecular weight is 331 g/mol. The summed E-state index contributed by atoms with van der Waals surface area (Å²) >= 11 is 0. The van der Waals surface area contributed by atoms with Gasteiger partial charge in [-0.1, -0.05) is 30.3 Å². The van der Waals surface area contributed by atoms with Gasteiger partial charge in [-0.3, -0.25) is 9.59 Å². The second kappa shape index (κ2) is 8.28. The van der Waals surface area contributed by atoms with Gasteiger partial charge in [-0.15, -0.1) is 0 Å². The van der Waals surface area contributed by atoms with Crippen LogP contribution < -0.4 is 11.1 Å². The molecule has 0 radical (unpaired) electrons. The number of nitrogens with one attached hydrogen (secondary N) is 1. The maximum Gasteiger partial charge on any atom is 0.251 e. The molecule has 4 N–H and O–H groups in total. The van der Waals surface area contributed by atoms with Crippen LogP contribution in [0.5, 0.6) is 0 Å². The van der Waals surface area contributed by atoms with Crippen molar-refractivity contribution in [1.82, 2.24) is 10.2 Å². The largest absolute Gasteiger partial charge is 0.467 e. The molecule has 0 fully saturated rings. The van der Waals surface area contributed by atoms with Crippen LogP contribution >= 0.6 is 0 Å². The Hall–Kier alpha value is -2.64. The molecule has 0 unspecified atom stereocenters. The van der Waals surface area contributed by atoms with Gasteiger partial charge >= 0.3 is 0 Å². The van der Waals surface area contributed by atoms with Crippen LogP contribution in [-0.2, 0) is 22.7 Å². The molecule has 0 bridgehead atoms. The van der Waals surface area contributed by atoms with Crippen molar-refractivity contribution in [3.8, 4) is 0 Å². The third kappa shape index (κ3) is 4.68. The van der Waals surface area contributed by atoms with Gasteiger partial charge in [0.05, 0.1) is 12.8 Å². The zero-order valence-corrected chi connectivity index (χ0v) is 13.4. The van der Waals surface area contributed by atoms with Crippen molar-refractivity contribution in [3.05, 3.63) is 60.1 Å². The first kappa shape index (κ1) is 17.7. The van der Waals surface area contributed by atoms with Gasteiger partial charge in [0.2, 0.25) is 5.91 Å². The van der Waals surface area contributed by atoms with Gasteiger partial charge in [0.1, 0.15) is 11.8 Å². The van der Waals surface area contributed by atoms with E-state index in [0.29, 0.717) is 12.3 Å². The van der Waals surface area contributed by atoms with Crippen molar-refractivity contribution < 1.29 is 19.1 Å². The van der Waals surface area contributed by atoms with Crippen molar-refractivity contribution in [1.29, 1.82) is 0 Å². The Balaban J connectivity index is 1.87. The highest BCUT2D eigenvalue weighted by Gasteiger charge is 2.30. The number of rotatable bonds is 7. The predicted octanol–water partition coefficient (Wildman–Crippen LogP) is 0.243. The monoisotopic (exact) mass is 331 g/mol. The smallest absolute Gasteiger partial charge is 0.251 e. The van der Waals surface area contributed by atoms with Crippen molar-refractivity contribution >= 4 is 11.8 Å². The molecule has 0 aliphatic carbocycles. The lowest BCUT2D eigenvalue weighted by Gasteiger charge is -2.24. The second-order valence-corrected chi connectivity index (χ2v) is 5.45. The number of nitrogens with two attached hydrogens (primary N) is 1. The van der Waals surface area contributed by atoms with E-state index in [0.717, 1.165) is 5.56 Å². The molecule has 1 aromatic heterocycles. The van der Waals surface area contributed by atoms with Gasteiger partial charge < -0.3 is 25.5 Å². The number of hydrogen-bond acceptors (Lipinski definition) is 5. The normalized spacial score (nSPS) is 13.1. The summed E-state index contributed by atoms with van der Waals surface area (Å²) in [5, 5.41) is 12.5. The minimum absolute atomic E-state index is 0.115. The molecule has 7 heteroatoms. The lowest BCUT2D eigenvalue weighted by molar-refractivity contribution is -0.141. The van der Waals surface area contributed by atoms with E-state index in [-0.39, 0.29) is 6.54 Å². The summed E-state index contributed by atoms with van der Waals surface area (Å²) in [6.07, 6.45) is -0.156. The molecule has 2 aromatic rings. The molecule has 1 heterocycles. The number of furan rings is 1. The third-order valence-corrected chi connectivity index (χ3v) is 3.55. The first-order valence-electron chi connectivity index (χ1n) is 7.51. The Morgan fingerprint density at radius 2 is 1.96 bits per heavy atom. The Kier molecular flexibility index (Phi) is 6.11. The molecule has 1 aromatic carbocycles. The SMILES string of the molecule is CN(Cc1ccccc1)C(=O)[C@H](N)[C@@H](O)C(=O)NCc1ccco1. The highest BCUT2D eigenvalue weighted by molar-refractivity contribution is 5.91. The number of benzene rings is 1. The lowest BCUT2D eigenvalue weighted by Crippen LogP contribution is -2.54. The highest BCUT2D eigenvalue weighted by atomic mass is 16.3. The maximum absolute atomic E-state index is 12.3. The summed E-state index contributed by atoms with van der Waals surface area (Å²) in [6.45, 7) is 0.456. The number of nitrogens with zero attached hydrogens (tertiary/aromatic N) is 1. The molecule has 0 spiro atoms. The fourth-order valence-corrected chi connectivity index (χ4v) is 2.18. The zero-order chi connectivity index (χ0) is 17.5. The zero-order valence-electron chi connectivity index (χ0n) is 13.4. The number of hydrogen-bond donors (Lipinski definition) is 3. The van der Waals surface area contributed by atoms with E-state index in [9.17, 15) is 14.7 Å². The molecular weight excluding hydrogens is 310 g/mol. The van der Waals surface area contributed by atoms with Crippen LogP contribution in [0.15, 0.2) is 53.1 Å². The van der Waals surface area contributed by atoms with Crippen molar-refractivity contribution in [2.24, 2.45) is 5.73 Å². The number of carbonyl (C=O) groups excluding carboxylic acids is 2. The molecule has 2 atom stereocenters. The first-order chi connectivity index (χ1) is 11.5. The van der Waals surface area contributed by atoms with Gasteiger partial charge in [-0.2, -0.15) is 0 Å². The first-order valence-corrected chi connectivity index (χ1v) is 7.51. The topological polar surface area (TPSA) is 109 Å². The molecule has 0 saturated carbocycles. The number of aliphatic hydroxyl groups excluding tert-OH is 1. The van der Waals surface area contributed by atoms with E-state index < -0.39 is 24.0 Å². The summed E-state index contributed by atoms with van der Waals surface area (Å²) in [4.78, 5) is 25.6. The van der Waals surface area contributed by atoms with E-state index in [2.05, 4.69) is 5.32 Å². The predicted molar refractivity (Wildman–Crippen MR) is 87.5 cm³/mol. The minimum Gasteiger partial charge on any atom is -0.467 e. The molecule has 7 nitrogen and oxygen atoms in total. The van der Waals surface area contributed by atoms with E-state index >= 15 is 0 Å². The van der Waals surface area contributed by atoms with Crippen molar-refractivity contribution in [2.75, 3.05) is 7.05 Å². The Bertz CT molecular complexity index is 658. The highest BCUT2D eigenvalue weighted by Crippen LogP contribution is 2.06. The van der Waals surface area contributed by atoms with Crippen LogP contribution in [0.1, 0.15) is 11.3 Å². The minimum atomic E-state index is -1.63. The quantitative estimate of drug-likeness (QED) is 0.673. The lowest BCUT2D eigenvalue weighted by atomic mass is 10.1. The molecule has 128 valence electrons. The summed E-state index contributed by atoms with van der Waals surface area (Å²) in [7, 11) is 1.57. The van der Waals surface area contributed by atoms with Gasteiger partial charge in [0.15, 0.2) is 6.10 Å². The van der Waals surface area contributed by atoms with Crippen LogP contribution in [0.2, 0.25) is 0 Å². The van der Waals surface area contributed by atoms with E-state index in [1.165, 1.54) is 11.2 Å². The summed E-state index contributed by atoms with van der Waals surface area (Å²) in [5.74, 6) is -0.698. The van der Waals surface area contributed by atoms with Crippen molar-refractivity contribution in [2.45, 2.75) is 25.2 Å². The van der Waals surface area contributed by atoms with E-state index in [4.69, 9.17) is 10.2 Å². The fourth-order valence-electron chi connectivity index (χ4n) is 2.18. The molecule has 0 aliphatic rings. The summed E-state index contributed by atoms with van der Waals surface area (Å²) < 4.78 is 5.07. The van der Waals surface area contributed by atoms with Crippen LogP contribution in [0.25, 0.3) is 0 Å². The Morgan fingerprint density at radius 3 is 2.58 bits per heavy atom. The van der Waals surface area contributed by atoms with E-state index in [1.807, 2.05) is 30.3 Å². The number of carbonyl (C=O) groups is 2. The molecule has 24 heavy (non-hydrogen) atoms. The van der Waals surface area contributed by atoms with Crippen LogP contribution in [0.4, 0.5) is 0 Å². The molecule has 2 amide bonds. The van der Waals surface area contributed by atoms with Crippen LogP contribution in [0, 0.1) is 0 Å². The van der Waals surface area contributed by atoms with Crippen molar-refractivity contribution in [3.63, 3.8) is 0 Å². The van der Waals surface area contributed by atoms with Gasteiger partial charge in [0.25, 0.3) is 5.91 Å². The average Bonchev–Trinajstić information content (AvgIpc) is 3.12. The van der Waals surface area contributed by atoms with Gasteiger partial charge in [0, 0.05) is 13.6 Å². The molecular formula is C17H21N3O4. The fraction of sp³-hybridized carbons (Fsp3) is 0.294. The second-order valence-electron chi connectivity index (χ2n) is 5.45.